The summed E-state index contributed by atoms with van der Waals surface area (Å²) in [5.41, 5.74) is 0. The number of hydrogen-bond donors (Lipinski definition) is 2. The molecule has 1 atom stereocenters. The molecule has 0 radical (unpaired) electrons. The van der Waals surface area contributed by atoms with E-state index in [-0.39, 0.29) is 19.1 Å². The van der Waals surface area contributed by atoms with E-state index in [0.29, 0.717) is 0 Å². The zero-order chi connectivity index (χ0) is 13.7. The van der Waals surface area contributed by atoms with Crippen LogP contribution in [0.2, 0.25) is 0 Å². The number of rotatable bonds is 5. The Labute approximate surface area is 112 Å². The van der Waals surface area contributed by atoms with Crippen molar-refractivity contribution < 1.29 is 14.6 Å². The summed E-state index contributed by atoms with van der Waals surface area (Å²) in [7, 11) is 0. The van der Waals surface area contributed by atoms with E-state index >= 15 is 0 Å². The Hall–Kier alpha value is -2.07. The van der Waals surface area contributed by atoms with Crippen LogP contribution < -0.4 is 10.1 Å². The quantitative estimate of drug-likeness (QED) is 0.859. The van der Waals surface area contributed by atoms with Gasteiger partial charge in [-0.3, -0.25) is 4.79 Å². The Kier molecular flexibility index (Phi) is 4.36. The highest BCUT2D eigenvalue weighted by Crippen LogP contribution is 2.25. The molecule has 0 aliphatic heterocycles. The summed E-state index contributed by atoms with van der Waals surface area (Å²) in [5.74, 6) is 0.573. The van der Waals surface area contributed by atoms with E-state index in [1.807, 2.05) is 42.5 Å². The first-order chi connectivity index (χ1) is 9.16. The molecule has 2 N–H and O–H groups in total. The first kappa shape index (κ1) is 13.4. The van der Waals surface area contributed by atoms with Gasteiger partial charge >= 0.3 is 0 Å². The molecule has 1 amide bonds. The zero-order valence-electron chi connectivity index (χ0n) is 10.8. The van der Waals surface area contributed by atoms with Crippen LogP contribution in [0, 0.1) is 0 Å². The number of carbonyl (C=O) groups excluding carboxylic acids is 1. The summed E-state index contributed by atoms with van der Waals surface area (Å²) in [5, 5.41) is 14.3. The van der Waals surface area contributed by atoms with Crippen LogP contribution >= 0.6 is 0 Å². The minimum Gasteiger partial charge on any atom is -0.490 e. The van der Waals surface area contributed by atoms with Gasteiger partial charge in [0, 0.05) is 18.9 Å². The van der Waals surface area contributed by atoms with Crippen molar-refractivity contribution in [3.05, 3.63) is 42.5 Å². The van der Waals surface area contributed by atoms with E-state index in [1.165, 1.54) is 6.92 Å². The second-order valence-corrected chi connectivity index (χ2v) is 4.38. The van der Waals surface area contributed by atoms with Crippen LogP contribution in [0.5, 0.6) is 5.75 Å². The molecular weight excluding hydrogens is 242 g/mol. The van der Waals surface area contributed by atoms with Gasteiger partial charge in [0.25, 0.3) is 0 Å². The number of aliphatic hydroxyl groups excluding tert-OH is 1. The first-order valence-corrected chi connectivity index (χ1v) is 6.20. The fourth-order valence-electron chi connectivity index (χ4n) is 1.83. The van der Waals surface area contributed by atoms with Crippen molar-refractivity contribution in [3.8, 4) is 5.75 Å². The average molecular weight is 259 g/mol. The van der Waals surface area contributed by atoms with Gasteiger partial charge in [-0.05, 0) is 11.5 Å². The minimum atomic E-state index is -0.720. The van der Waals surface area contributed by atoms with Crippen LogP contribution in [0.25, 0.3) is 10.8 Å². The number of amides is 1. The lowest BCUT2D eigenvalue weighted by Crippen LogP contribution is -2.33. The van der Waals surface area contributed by atoms with Crippen LogP contribution in [-0.4, -0.2) is 30.3 Å². The largest absolute Gasteiger partial charge is 0.490 e. The Morgan fingerprint density at radius 1 is 1.26 bits per heavy atom. The lowest BCUT2D eigenvalue weighted by atomic mass is 10.1. The summed E-state index contributed by atoms with van der Waals surface area (Å²) in [6.45, 7) is 1.76. The van der Waals surface area contributed by atoms with E-state index in [1.54, 1.807) is 0 Å². The SMILES string of the molecule is CC(=O)NCC(O)COc1cccc2ccccc12. The van der Waals surface area contributed by atoms with Crippen LogP contribution in [0.1, 0.15) is 6.92 Å². The fourth-order valence-corrected chi connectivity index (χ4v) is 1.83. The highest BCUT2D eigenvalue weighted by Gasteiger charge is 2.07. The average Bonchev–Trinajstić information content (AvgIpc) is 2.42. The van der Waals surface area contributed by atoms with Crippen molar-refractivity contribution in [2.45, 2.75) is 13.0 Å². The number of aliphatic hydroxyl groups is 1. The van der Waals surface area contributed by atoms with E-state index in [9.17, 15) is 9.90 Å². The Morgan fingerprint density at radius 3 is 2.79 bits per heavy atom. The molecule has 19 heavy (non-hydrogen) atoms. The van der Waals surface area contributed by atoms with Gasteiger partial charge in [-0.15, -0.1) is 0 Å². The standard InChI is InChI=1S/C15H17NO3/c1-11(17)16-9-13(18)10-19-15-8-4-6-12-5-2-3-7-14(12)15/h2-8,13,18H,9-10H2,1H3,(H,16,17). The van der Waals surface area contributed by atoms with Crippen molar-refractivity contribution in [2.75, 3.05) is 13.2 Å². The second-order valence-electron chi connectivity index (χ2n) is 4.38. The number of hydrogen-bond acceptors (Lipinski definition) is 3. The van der Waals surface area contributed by atoms with E-state index in [2.05, 4.69) is 5.32 Å². The number of fused-ring (bicyclic) bond motifs is 1. The van der Waals surface area contributed by atoms with Crippen molar-refractivity contribution in [1.29, 1.82) is 0 Å². The van der Waals surface area contributed by atoms with E-state index < -0.39 is 6.10 Å². The second kappa shape index (κ2) is 6.20. The van der Waals surface area contributed by atoms with Gasteiger partial charge in [0.2, 0.25) is 5.91 Å². The maximum Gasteiger partial charge on any atom is 0.216 e. The molecule has 0 fully saturated rings. The molecule has 0 spiro atoms. The molecule has 0 aliphatic rings. The molecule has 0 aliphatic carbocycles. The van der Waals surface area contributed by atoms with Crippen LogP contribution in [-0.2, 0) is 4.79 Å². The first-order valence-electron chi connectivity index (χ1n) is 6.20. The maximum absolute atomic E-state index is 10.7. The lowest BCUT2D eigenvalue weighted by molar-refractivity contribution is -0.119. The van der Waals surface area contributed by atoms with Gasteiger partial charge in [-0.25, -0.2) is 0 Å². The third-order valence-corrected chi connectivity index (χ3v) is 2.77. The lowest BCUT2D eigenvalue weighted by Gasteiger charge is -2.14. The van der Waals surface area contributed by atoms with Crippen molar-refractivity contribution in [2.24, 2.45) is 0 Å². The molecule has 100 valence electrons. The van der Waals surface area contributed by atoms with Crippen molar-refractivity contribution in [3.63, 3.8) is 0 Å². The fraction of sp³-hybridized carbons (Fsp3) is 0.267. The van der Waals surface area contributed by atoms with E-state index in [0.717, 1.165) is 16.5 Å². The van der Waals surface area contributed by atoms with Crippen molar-refractivity contribution in [1.82, 2.24) is 5.32 Å². The molecule has 2 rings (SSSR count). The van der Waals surface area contributed by atoms with Gasteiger partial charge < -0.3 is 15.2 Å². The van der Waals surface area contributed by atoms with E-state index in [4.69, 9.17) is 4.74 Å². The van der Waals surface area contributed by atoms with Crippen LogP contribution in [0.15, 0.2) is 42.5 Å². The van der Waals surface area contributed by atoms with Crippen molar-refractivity contribution >= 4 is 16.7 Å². The zero-order valence-corrected chi connectivity index (χ0v) is 10.8. The third kappa shape index (κ3) is 3.69. The number of ether oxygens (including phenoxy) is 1. The van der Waals surface area contributed by atoms with Gasteiger partial charge in [-0.1, -0.05) is 36.4 Å². The Morgan fingerprint density at radius 2 is 2.00 bits per heavy atom. The summed E-state index contributed by atoms with van der Waals surface area (Å²) in [6.07, 6.45) is -0.720. The summed E-state index contributed by atoms with van der Waals surface area (Å²) >= 11 is 0. The minimum absolute atomic E-state index is 0.147. The number of carbonyl (C=O) groups is 1. The molecule has 0 saturated heterocycles. The molecular formula is C15H17NO3. The Bertz CT molecular complexity index is 563. The third-order valence-electron chi connectivity index (χ3n) is 2.77. The molecule has 0 aromatic heterocycles. The highest BCUT2D eigenvalue weighted by atomic mass is 16.5. The normalized spacial score (nSPS) is 12.1. The summed E-state index contributed by atoms with van der Waals surface area (Å²) < 4.78 is 5.61. The Balaban J connectivity index is 2.00. The highest BCUT2D eigenvalue weighted by molar-refractivity contribution is 5.88. The predicted molar refractivity (Wildman–Crippen MR) is 74.1 cm³/mol. The molecule has 1 unspecified atom stereocenters. The number of nitrogens with one attached hydrogen (secondary N) is 1. The van der Waals surface area contributed by atoms with Gasteiger partial charge in [0.05, 0.1) is 0 Å². The molecule has 0 bridgehead atoms. The molecule has 0 saturated carbocycles. The van der Waals surface area contributed by atoms with Crippen LogP contribution in [0.3, 0.4) is 0 Å². The smallest absolute Gasteiger partial charge is 0.216 e. The number of benzene rings is 2. The molecule has 2 aromatic carbocycles. The van der Waals surface area contributed by atoms with Gasteiger partial charge in [0.15, 0.2) is 0 Å². The van der Waals surface area contributed by atoms with Gasteiger partial charge in [0.1, 0.15) is 18.5 Å². The monoisotopic (exact) mass is 259 g/mol. The molecule has 2 aromatic rings. The molecule has 4 nitrogen and oxygen atoms in total. The molecule has 0 heterocycles. The van der Waals surface area contributed by atoms with Crippen LogP contribution in [0.4, 0.5) is 0 Å². The maximum atomic E-state index is 10.7. The molecule has 4 heteroatoms. The van der Waals surface area contributed by atoms with Gasteiger partial charge in [-0.2, -0.15) is 0 Å². The summed E-state index contributed by atoms with van der Waals surface area (Å²) in [6, 6.07) is 13.7. The predicted octanol–water partition coefficient (Wildman–Crippen LogP) is 1.72. The topological polar surface area (TPSA) is 58.6 Å². The summed E-state index contributed by atoms with van der Waals surface area (Å²) in [4.78, 5) is 10.7.